The van der Waals surface area contributed by atoms with Gasteiger partial charge in [0.05, 0.1) is 0 Å². The summed E-state index contributed by atoms with van der Waals surface area (Å²) in [5.41, 5.74) is 2.95. The summed E-state index contributed by atoms with van der Waals surface area (Å²) in [6.45, 7) is 7.40. The third-order valence-electron chi connectivity index (χ3n) is 2.22. The van der Waals surface area contributed by atoms with Crippen LogP contribution in [0.4, 0.5) is 5.69 Å². The molecule has 1 N–H and O–H groups in total. The number of carbonyl (C=O) groups excluding carboxylic acids is 1. The van der Waals surface area contributed by atoms with Crippen molar-refractivity contribution < 1.29 is 4.79 Å². The third kappa shape index (κ3) is 3.24. The van der Waals surface area contributed by atoms with Gasteiger partial charge in [0.15, 0.2) is 0 Å². The smallest absolute Gasteiger partial charge is 0.211 e. The Bertz CT molecular complexity index is 418. The van der Waals surface area contributed by atoms with E-state index < -0.39 is 0 Å². The van der Waals surface area contributed by atoms with Crippen LogP contribution in [0.3, 0.4) is 0 Å². The Morgan fingerprint density at radius 1 is 1.31 bits per heavy atom. The number of rotatable bonds is 6. The van der Waals surface area contributed by atoms with Crippen molar-refractivity contribution in [2.45, 2.75) is 6.42 Å². The number of amides is 1. The SMILES string of the molecule is C=C/C=C(\C=C)Cc1ccccc1NC=O. The van der Waals surface area contributed by atoms with Crippen molar-refractivity contribution in [3.8, 4) is 0 Å². The maximum absolute atomic E-state index is 10.4. The minimum absolute atomic E-state index is 0.684. The second-order valence-electron chi connectivity index (χ2n) is 3.28. The van der Waals surface area contributed by atoms with Gasteiger partial charge in [-0.3, -0.25) is 4.79 Å². The summed E-state index contributed by atoms with van der Waals surface area (Å²) in [7, 11) is 0. The fourth-order valence-electron chi connectivity index (χ4n) is 1.45. The molecule has 0 atom stereocenters. The van der Waals surface area contributed by atoms with Gasteiger partial charge in [-0.2, -0.15) is 0 Å². The lowest BCUT2D eigenvalue weighted by Gasteiger charge is -2.08. The molecule has 0 fully saturated rings. The van der Waals surface area contributed by atoms with Crippen molar-refractivity contribution >= 4 is 12.1 Å². The Labute approximate surface area is 96.0 Å². The summed E-state index contributed by atoms with van der Waals surface area (Å²) in [6.07, 6.45) is 6.84. The normalized spacial score (nSPS) is 10.6. The molecule has 0 radical (unpaired) electrons. The van der Waals surface area contributed by atoms with Gasteiger partial charge in [-0.15, -0.1) is 0 Å². The van der Waals surface area contributed by atoms with Crippen LogP contribution >= 0.6 is 0 Å². The summed E-state index contributed by atoms with van der Waals surface area (Å²) in [5, 5.41) is 2.68. The lowest BCUT2D eigenvalue weighted by Crippen LogP contribution is -1.99. The van der Waals surface area contributed by atoms with Gasteiger partial charge in [0.25, 0.3) is 0 Å². The highest BCUT2D eigenvalue weighted by Gasteiger charge is 2.01. The van der Waals surface area contributed by atoms with E-state index in [1.807, 2.05) is 30.3 Å². The Morgan fingerprint density at radius 2 is 2.06 bits per heavy atom. The highest BCUT2D eigenvalue weighted by Crippen LogP contribution is 2.18. The summed E-state index contributed by atoms with van der Waals surface area (Å²) >= 11 is 0. The van der Waals surface area contributed by atoms with Crippen LogP contribution in [0.15, 0.2) is 61.2 Å². The molecular weight excluding hydrogens is 198 g/mol. The van der Waals surface area contributed by atoms with E-state index in [4.69, 9.17) is 0 Å². The molecule has 0 aliphatic rings. The van der Waals surface area contributed by atoms with Gasteiger partial charge < -0.3 is 5.32 Å². The molecule has 1 aromatic rings. The zero-order valence-corrected chi connectivity index (χ0v) is 9.15. The molecule has 0 saturated carbocycles. The van der Waals surface area contributed by atoms with Crippen molar-refractivity contribution in [1.29, 1.82) is 0 Å². The van der Waals surface area contributed by atoms with E-state index in [0.29, 0.717) is 6.41 Å². The van der Waals surface area contributed by atoms with E-state index in [9.17, 15) is 4.79 Å². The van der Waals surface area contributed by atoms with Crippen LogP contribution in [0.1, 0.15) is 5.56 Å². The van der Waals surface area contributed by atoms with E-state index in [2.05, 4.69) is 18.5 Å². The van der Waals surface area contributed by atoms with E-state index in [1.165, 1.54) is 0 Å². The van der Waals surface area contributed by atoms with Crippen molar-refractivity contribution in [3.63, 3.8) is 0 Å². The predicted molar refractivity (Wildman–Crippen MR) is 68.3 cm³/mol. The molecule has 0 bridgehead atoms. The van der Waals surface area contributed by atoms with E-state index in [1.54, 1.807) is 12.2 Å². The van der Waals surface area contributed by atoms with Crippen LogP contribution < -0.4 is 5.32 Å². The number of hydrogen-bond acceptors (Lipinski definition) is 1. The first-order chi connectivity index (χ1) is 7.81. The van der Waals surface area contributed by atoms with Crippen molar-refractivity contribution in [2.75, 3.05) is 5.32 Å². The van der Waals surface area contributed by atoms with Gasteiger partial charge >= 0.3 is 0 Å². The molecule has 0 unspecified atom stereocenters. The zero-order chi connectivity index (χ0) is 11.8. The Hall–Kier alpha value is -2.09. The molecule has 2 nitrogen and oxygen atoms in total. The molecule has 0 heterocycles. The van der Waals surface area contributed by atoms with Crippen LogP contribution in [0.5, 0.6) is 0 Å². The zero-order valence-electron chi connectivity index (χ0n) is 9.15. The van der Waals surface area contributed by atoms with Crippen LogP contribution in [0, 0.1) is 0 Å². The maximum atomic E-state index is 10.4. The number of anilines is 1. The lowest BCUT2D eigenvalue weighted by atomic mass is 10.0. The largest absolute Gasteiger partial charge is 0.328 e. The van der Waals surface area contributed by atoms with Crippen LogP contribution in [0.25, 0.3) is 0 Å². The molecule has 0 aliphatic heterocycles. The predicted octanol–water partition coefficient (Wildman–Crippen LogP) is 3.10. The Kier molecular flexibility index (Phi) is 4.80. The molecule has 1 amide bonds. The van der Waals surface area contributed by atoms with Crippen LogP contribution in [-0.4, -0.2) is 6.41 Å². The van der Waals surface area contributed by atoms with Gasteiger partial charge in [-0.25, -0.2) is 0 Å². The van der Waals surface area contributed by atoms with Gasteiger partial charge in [0, 0.05) is 5.69 Å². The Morgan fingerprint density at radius 3 is 2.69 bits per heavy atom. The average Bonchev–Trinajstić information content (AvgIpc) is 2.31. The first-order valence-corrected chi connectivity index (χ1v) is 5.04. The molecule has 1 rings (SSSR count). The highest BCUT2D eigenvalue weighted by molar-refractivity contribution is 5.73. The van der Waals surface area contributed by atoms with Gasteiger partial charge in [-0.1, -0.05) is 49.6 Å². The average molecular weight is 213 g/mol. The van der Waals surface area contributed by atoms with Gasteiger partial charge in [0.1, 0.15) is 0 Å². The van der Waals surface area contributed by atoms with Gasteiger partial charge in [-0.05, 0) is 23.6 Å². The summed E-state index contributed by atoms with van der Waals surface area (Å²) in [5.74, 6) is 0. The molecule has 1 aromatic carbocycles. The number of carbonyl (C=O) groups is 1. The molecule has 0 aliphatic carbocycles. The Balaban J connectivity index is 2.94. The molecule has 82 valence electrons. The fraction of sp³-hybridized carbons (Fsp3) is 0.0714. The van der Waals surface area contributed by atoms with Crippen molar-refractivity contribution in [3.05, 3.63) is 66.8 Å². The van der Waals surface area contributed by atoms with E-state index >= 15 is 0 Å². The summed E-state index contributed by atoms with van der Waals surface area (Å²) in [6, 6.07) is 7.69. The second kappa shape index (κ2) is 6.40. The summed E-state index contributed by atoms with van der Waals surface area (Å²) in [4.78, 5) is 10.4. The number of benzene rings is 1. The minimum atomic E-state index is 0.684. The number of nitrogens with one attached hydrogen (secondary N) is 1. The van der Waals surface area contributed by atoms with Crippen molar-refractivity contribution in [1.82, 2.24) is 0 Å². The third-order valence-corrected chi connectivity index (χ3v) is 2.22. The second-order valence-corrected chi connectivity index (χ2v) is 3.28. The fourth-order valence-corrected chi connectivity index (χ4v) is 1.45. The number of para-hydroxylation sites is 1. The number of allylic oxidation sites excluding steroid dienone is 4. The molecule has 2 heteroatoms. The minimum Gasteiger partial charge on any atom is -0.328 e. The molecule has 0 aromatic heterocycles. The first kappa shape index (κ1) is 12.0. The molecule has 0 spiro atoms. The molecule has 16 heavy (non-hydrogen) atoms. The van der Waals surface area contributed by atoms with Crippen molar-refractivity contribution in [2.24, 2.45) is 0 Å². The van der Waals surface area contributed by atoms with Gasteiger partial charge in [0.2, 0.25) is 6.41 Å². The lowest BCUT2D eigenvalue weighted by molar-refractivity contribution is -0.105. The monoisotopic (exact) mass is 213 g/mol. The standard InChI is InChI=1S/C14H15NO/c1-3-7-12(4-2)10-13-8-5-6-9-14(13)15-11-16/h3-9,11H,1-2,10H2,(H,15,16)/b12-7+. The quantitative estimate of drug-likeness (QED) is 0.571. The van der Waals surface area contributed by atoms with E-state index in [-0.39, 0.29) is 0 Å². The van der Waals surface area contributed by atoms with Crippen LogP contribution in [-0.2, 0) is 11.2 Å². The van der Waals surface area contributed by atoms with Crippen LogP contribution in [0.2, 0.25) is 0 Å². The summed E-state index contributed by atoms with van der Waals surface area (Å²) < 4.78 is 0. The molecule has 0 saturated heterocycles. The maximum Gasteiger partial charge on any atom is 0.211 e. The highest BCUT2D eigenvalue weighted by atomic mass is 16.1. The first-order valence-electron chi connectivity index (χ1n) is 5.04. The topological polar surface area (TPSA) is 29.1 Å². The van der Waals surface area contributed by atoms with E-state index in [0.717, 1.165) is 23.2 Å². The number of hydrogen-bond donors (Lipinski definition) is 1. The molecular formula is C14H15NO.